The zero-order valence-corrected chi connectivity index (χ0v) is 34.4. The molecule has 0 atom stereocenters. The molecular weight excluding hydrogens is 771 g/mol. The molecule has 13 rings (SSSR count). The van der Waals surface area contributed by atoms with E-state index in [0.717, 1.165) is 55.5 Å². The Labute approximate surface area is 363 Å². The third kappa shape index (κ3) is 5.03. The van der Waals surface area contributed by atoms with Gasteiger partial charge in [0.1, 0.15) is 11.2 Å². The van der Waals surface area contributed by atoms with Crippen molar-refractivity contribution in [2.24, 2.45) is 0 Å². The fourth-order valence-corrected chi connectivity index (χ4v) is 11.6. The highest BCUT2D eigenvalue weighted by Gasteiger charge is 2.46. The van der Waals surface area contributed by atoms with Crippen LogP contribution in [0.1, 0.15) is 22.3 Å². The predicted molar refractivity (Wildman–Crippen MR) is 262 cm³/mol. The topological polar surface area (TPSA) is 16.4 Å². The summed E-state index contributed by atoms with van der Waals surface area (Å²) in [5.41, 5.74) is 14.4. The SMILES string of the molecule is c1ccc(C2(c3ccccc3)c3ccccc3-c3ccc(N(c4ccc5sc6ccccc6c5c4)c4ccccc4-c4cccc5oc6c7ccccc7ccc6c45)cc32)cc1. The van der Waals surface area contributed by atoms with E-state index in [1.165, 1.54) is 58.9 Å². The summed E-state index contributed by atoms with van der Waals surface area (Å²) in [4.78, 5) is 2.49. The number of anilines is 3. The second-order valence-corrected chi connectivity index (χ2v) is 17.4. The van der Waals surface area contributed by atoms with Crippen molar-refractivity contribution in [1.82, 2.24) is 0 Å². The van der Waals surface area contributed by atoms with Crippen molar-refractivity contribution in [2.75, 3.05) is 4.90 Å². The van der Waals surface area contributed by atoms with Crippen molar-refractivity contribution < 1.29 is 4.42 Å². The van der Waals surface area contributed by atoms with E-state index in [9.17, 15) is 0 Å². The molecule has 10 aromatic carbocycles. The van der Waals surface area contributed by atoms with Gasteiger partial charge in [0, 0.05) is 53.3 Å². The number of benzene rings is 10. The molecule has 1 aliphatic rings. The zero-order chi connectivity index (χ0) is 40.8. The first-order valence-electron chi connectivity index (χ1n) is 21.2. The smallest absolute Gasteiger partial charge is 0.143 e. The van der Waals surface area contributed by atoms with Crippen LogP contribution in [-0.2, 0) is 5.41 Å². The second kappa shape index (κ2) is 13.7. The number of hydrogen-bond donors (Lipinski definition) is 0. The lowest BCUT2D eigenvalue weighted by atomic mass is 9.67. The molecule has 0 saturated heterocycles. The van der Waals surface area contributed by atoms with Gasteiger partial charge in [0.2, 0.25) is 0 Å². The third-order valence-electron chi connectivity index (χ3n) is 13.1. The first-order chi connectivity index (χ1) is 30.8. The van der Waals surface area contributed by atoms with Gasteiger partial charge in [-0.3, -0.25) is 0 Å². The fourth-order valence-electron chi connectivity index (χ4n) is 10.5. The summed E-state index contributed by atoms with van der Waals surface area (Å²) < 4.78 is 9.33. The van der Waals surface area contributed by atoms with Gasteiger partial charge in [-0.05, 0) is 98.9 Å². The molecule has 0 amide bonds. The van der Waals surface area contributed by atoms with Gasteiger partial charge in [0.15, 0.2) is 0 Å². The lowest BCUT2D eigenvalue weighted by molar-refractivity contribution is 0.673. The van der Waals surface area contributed by atoms with E-state index in [0.29, 0.717) is 0 Å². The molecule has 0 radical (unpaired) electrons. The maximum Gasteiger partial charge on any atom is 0.143 e. The minimum atomic E-state index is -0.534. The standard InChI is InChI=1S/C59H37NOS/c1-3-17-39(18-4-1)59(40-19-5-2-6-20-40)51-26-12-9-22-44(51)45-34-31-42(37-52(45)59)60(41-32-35-56-50(36-41)47-24-11-14-29-55(47)62-56)53-27-13-10-23-46(53)48-25-15-28-54-57(48)49-33-30-38-16-7-8-21-43(38)58(49)61-54/h1-37H. The van der Waals surface area contributed by atoms with E-state index in [4.69, 9.17) is 4.42 Å². The van der Waals surface area contributed by atoms with Gasteiger partial charge in [-0.25, -0.2) is 0 Å². The van der Waals surface area contributed by atoms with E-state index >= 15 is 0 Å². The van der Waals surface area contributed by atoms with Gasteiger partial charge in [-0.2, -0.15) is 0 Å². The summed E-state index contributed by atoms with van der Waals surface area (Å²) in [5, 5.41) is 7.07. The minimum absolute atomic E-state index is 0.534. The molecule has 1 aliphatic carbocycles. The van der Waals surface area contributed by atoms with Crippen LogP contribution in [0.15, 0.2) is 229 Å². The molecule has 0 N–H and O–H groups in total. The van der Waals surface area contributed by atoms with Crippen molar-refractivity contribution in [3.8, 4) is 22.3 Å². The number of para-hydroxylation sites is 1. The maximum atomic E-state index is 6.75. The van der Waals surface area contributed by atoms with Crippen molar-refractivity contribution in [1.29, 1.82) is 0 Å². The van der Waals surface area contributed by atoms with E-state index in [1.54, 1.807) is 0 Å². The first kappa shape index (κ1) is 35.1. The number of rotatable bonds is 6. The van der Waals surface area contributed by atoms with Crippen molar-refractivity contribution in [3.63, 3.8) is 0 Å². The van der Waals surface area contributed by atoms with Crippen LogP contribution in [0.4, 0.5) is 17.1 Å². The number of thiophene rings is 1. The van der Waals surface area contributed by atoms with Crippen LogP contribution >= 0.6 is 11.3 Å². The van der Waals surface area contributed by atoms with Crippen LogP contribution < -0.4 is 4.90 Å². The summed E-state index contributed by atoms with van der Waals surface area (Å²) in [7, 11) is 0. The quantitative estimate of drug-likeness (QED) is 0.166. The summed E-state index contributed by atoms with van der Waals surface area (Å²) >= 11 is 1.85. The molecule has 2 aromatic heterocycles. The maximum absolute atomic E-state index is 6.75. The molecule has 290 valence electrons. The summed E-state index contributed by atoms with van der Waals surface area (Å²) in [5.74, 6) is 0. The Bertz CT molecular complexity index is 3670. The molecule has 0 spiro atoms. The van der Waals surface area contributed by atoms with E-state index in [1.807, 2.05) is 11.3 Å². The monoisotopic (exact) mass is 807 g/mol. The molecule has 0 saturated carbocycles. The molecule has 0 bridgehead atoms. The highest BCUT2D eigenvalue weighted by atomic mass is 32.1. The zero-order valence-electron chi connectivity index (χ0n) is 33.6. The van der Waals surface area contributed by atoms with Crippen LogP contribution in [-0.4, -0.2) is 0 Å². The molecule has 0 fully saturated rings. The van der Waals surface area contributed by atoms with Crippen LogP contribution in [0.25, 0.3) is 75.1 Å². The molecular formula is C59H37NOS. The van der Waals surface area contributed by atoms with E-state index in [2.05, 4.69) is 229 Å². The average Bonchev–Trinajstić information content (AvgIpc) is 4.01. The van der Waals surface area contributed by atoms with E-state index < -0.39 is 5.41 Å². The highest BCUT2D eigenvalue weighted by Crippen LogP contribution is 2.58. The Morgan fingerprint density at radius 1 is 0.387 bits per heavy atom. The number of fused-ring (bicyclic) bond motifs is 11. The van der Waals surface area contributed by atoms with Crippen LogP contribution in [0.2, 0.25) is 0 Å². The molecule has 12 aromatic rings. The van der Waals surface area contributed by atoms with Gasteiger partial charge < -0.3 is 9.32 Å². The van der Waals surface area contributed by atoms with Gasteiger partial charge in [-0.15, -0.1) is 11.3 Å². The largest absolute Gasteiger partial charge is 0.455 e. The van der Waals surface area contributed by atoms with Crippen molar-refractivity contribution >= 4 is 81.3 Å². The van der Waals surface area contributed by atoms with Gasteiger partial charge in [0.25, 0.3) is 0 Å². The molecule has 3 heteroatoms. The van der Waals surface area contributed by atoms with Crippen LogP contribution in [0, 0.1) is 0 Å². The van der Waals surface area contributed by atoms with E-state index in [-0.39, 0.29) is 0 Å². The number of nitrogens with zero attached hydrogens (tertiary/aromatic N) is 1. The lowest BCUT2D eigenvalue weighted by Crippen LogP contribution is -2.28. The first-order valence-corrected chi connectivity index (χ1v) is 22.1. The van der Waals surface area contributed by atoms with Gasteiger partial charge >= 0.3 is 0 Å². The second-order valence-electron chi connectivity index (χ2n) is 16.3. The Morgan fingerprint density at radius 3 is 1.85 bits per heavy atom. The third-order valence-corrected chi connectivity index (χ3v) is 14.3. The van der Waals surface area contributed by atoms with Gasteiger partial charge in [0.05, 0.1) is 11.1 Å². The molecule has 62 heavy (non-hydrogen) atoms. The summed E-state index contributed by atoms with van der Waals surface area (Å²) in [6.07, 6.45) is 0. The van der Waals surface area contributed by atoms with Crippen LogP contribution in [0.3, 0.4) is 0 Å². The minimum Gasteiger partial charge on any atom is -0.455 e. The van der Waals surface area contributed by atoms with Crippen molar-refractivity contribution in [2.45, 2.75) is 5.41 Å². The van der Waals surface area contributed by atoms with Gasteiger partial charge in [-0.1, -0.05) is 170 Å². The molecule has 2 nitrogen and oxygen atoms in total. The number of hydrogen-bond acceptors (Lipinski definition) is 3. The molecule has 0 aliphatic heterocycles. The average molecular weight is 808 g/mol. The lowest BCUT2D eigenvalue weighted by Gasteiger charge is -2.35. The Kier molecular flexibility index (Phi) is 7.72. The Hall–Kier alpha value is -7.72. The number of furan rings is 1. The van der Waals surface area contributed by atoms with Crippen LogP contribution in [0.5, 0.6) is 0 Å². The predicted octanol–water partition coefficient (Wildman–Crippen LogP) is 16.6. The Balaban J connectivity index is 1.11. The summed E-state index contributed by atoms with van der Waals surface area (Å²) in [6.45, 7) is 0. The molecule has 0 unspecified atom stereocenters. The summed E-state index contributed by atoms with van der Waals surface area (Å²) in [6, 6.07) is 82.4. The fraction of sp³-hybridized carbons (Fsp3) is 0.0169. The van der Waals surface area contributed by atoms with Crippen molar-refractivity contribution in [3.05, 3.63) is 247 Å². The highest BCUT2D eigenvalue weighted by molar-refractivity contribution is 7.25. The normalized spacial score (nSPS) is 13.0. The Morgan fingerprint density at radius 2 is 1.02 bits per heavy atom. The molecule has 2 heterocycles.